The van der Waals surface area contributed by atoms with E-state index in [0.717, 1.165) is 16.9 Å². The van der Waals surface area contributed by atoms with E-state index in [4.69, 9.17) is 15.6 Å². The van der Waals surface area contributed by atoms with Crippen LogP contribution in [0.25, 0.3) is 6.08 Å². The summed E-state index contributed by atoms with van der Waals surface area (Å²) in [4.78, 5) is 10.6. The number of rotatable bonds is 6. The summed E-state index contributed by atoms with van der Waals surface area (Å²) < 4.78 is 5.38. The number of aryl methyl sites for hydroxylation is 2. The average Bonchev–Trinajstić information content (AvgIpc) is 2.33. The number of allylic oxidation sites excluding steroid dienone is 1. The van der Waals surface area contributed by atoms with E-state index in [-0.39, 0.29) is 0 Å². The third-order valence-electron chi connectivity index (χ3n) is 2.91. The van der Waals surface area contributed by atoms with Gasteiger partial charge in [0.25, 0.3) is 0 Å². The Labute approximate surface area is 113 Å². The number of hydrogen-bond donors (Lipinski definition) is 2. The van der Waals surface area contributed by atoms with Gasteiger partial charge in [-0.3, -0.25) is 4.79 Å². The maximum atomic E-state index is 10.6. The molecular weight excluding hydrogens is 242 g/mol. The van der Waals surface area contributed by atoms with E-state index in [1.165, 1.54) is 5.56 Å². The highest BCUT2D eigenvalue weighted by atomic mass is 16.5. The smallest absolute Gasteiger partial charge is 0.320 e. The maximum Gasteiger partial charge on any atom is 0.320 e. The number of ether oxygens (including phenoxy) is 1. The first-order valence-corrected chi connectivity index (χ1v) is 6.26. The Morgan fingerprint density at radius 3 is 2.74 bits per heavy atom. The molecule has 0 spiro atoms. The molecule has 19 heavy (non-hydrogen) atoms. The molecule has 4 nitrogen and oxygen atoms in total. The van der Waals surface area contributed by atoms with E-state index < -0.39 is 12.0 Å². The van der Waals surface area contributed by atoms with Crippen molar-refractivity contribution in [3.05, 3.63) is 34.9 Å². The van der Waals surface area contributed by atoms with Crippen LogP contribution in [0.15, 0.2) is 18.2 Å². The fourth-order valence-corrected chi connectivity index (χ4v) is 2.00. The number of nitrogens with two attached hydrogens (primary N) is 1. The number of hydrogen-bond acceptors (Lipinski definition) is 3. The first-order valence-electron chi connectivity index (χ1n) is 6.26. The summed E-state index contributed by atoms with van der Waals surface area (Å²) >= 11 is 0. The van der Waals surface area contributed by atoms with Gasteiger partial charge >= 0.3 is 5.97 Å². The molecule has 4 heteroatoms. The van der Waals surface area contributed by atoms with E-state index in [9.17, 15) is 4.79 Å². The van der Waals surface area contributed by atoms with Crippen LogP contribution in [0, 0.1) is 13.8 Å². The lowest BCUT2D eigenvalue weighted by atomic mass is 10.0. The molecule has 0 radical (unpaired) electrons. The topological polar surface area (TPSA) is 72.5 Å². The molecule has 0 aliphatic carbocycles. The summed E-state index contributed by atoms with van der Waals surface area (Å²) in [6.45, 7) is 4.04. The van der Waals surface area contributed by atoms with Crippen LogP contribution in [0.5, 0.6) is 5.75 Å². The highest BCUT2D eigenvalue weighted by Crippen LogP contribution is 2.26. The Kier molecular flexibility index (Phi) is 5.57. The van der Waals surface area contributed by atoms with Gasteiger partial charge in [-0.1, -0.05) is 23.8 Å². The van der Waals surface area contributed by atoms with Crippen molar-refractivity contribution in [3.8, 4) is 5.75 Å². The molecule has 0 aliphatic heterocycles. The number of carboxylic acids is 1. The van der Waals surface area contributed by atoms with Gasteiger partial charge in [0.1, 0.15) is 11.8 Å². The van der Waals surface area contributed by atoms with Gasteiger partial charge in [-0.2, -0.15) is 0 Å². The molecule has 0 amide bonds. The first-order chi connectivity index (χ1) is 8.95. The van der Waals surface area contributed by atoms with Crippen LogP contribution in [0.3, 0.4) is 0 Å². The van der Waals surface area contributed by atoms with Crippen molar-refractivity contribution in [3.63, 3.8) is 0 Å². The van der Waals surface area contributed by atoms with Crippen molar-refractivity contribution >= 4 is 12.0 Å². The molecule has 1 aromatic rings. The van der Waals surface area contributed by atoms with E-state index in [1.54, 1.807) is 7.11 Å². The molecule has 1 rings (SSSR count). The number of aliphatic carboxylic acids is 1. The standard InChI is InChI=1S/C15H21NO3/c1-10-8-11(2)14(19-3)12(9-10)6-4-5-7-13(16)15(17)18/h4,6,8-9,13H,5,7,16H2,1-3H3,(H,17,18)/b6-4+. The van der Waals surface area contributed by atoms with Gasteiger partial charge in [0.15, 0.2) is 0 Å². The highest BCUT2D eigenvalue weighted by Gasteiger charge is 2.09. The SMILES string of the molecule is COc1c(C)cc(C)cc1/C=C/CCC(N)C(=O)O. The van der Waals surface area contributed by atoms with Crippen molar-refractivity contribution in [1.29, 1.82) is 0 Å². The molecule has 3 N–H and O–H groups in total. The van der Waals surface area contributed by atoms with Crippen LogP contribution >= 0.6 is 0 Å². The predicted molar refractivity (Wildman–Crippen MR) is 76.3 cm³/mol. The molecule has 0 aromatic heterocycles. The zero-order valence-electron chi connectivity index (χ0n) is 11.6. The van der Waals surface area contributed by atoms with Crippen molar-refractivity contribution in [2.24, 2.45) is 5.73 Å². The van der Waals surface area contributed by atoms with Crippen molar-refractivity contribution < 1.29 is 14.6 Å². The zero-order chi connectivity index (χ0) is 14.4. The maximum absolute atomic E-state index is 10.6. The van der Waals surface area contributed by atoms with E-state index in [0.29, 0.717) is 12.8 Å². The van der Waals surface area contributed by atoms with Crippen molar-refractivity contribution in [2.75, 3.05) is 7.11 Å². The van der Waals surface area contributed by atoms with Crippen LogP contribution < -0.4 is 10.5 Å². The fourth-order valence-electron chi connectivity index (χ4n) is 2.00. The lowest BCUT2D eigenvalue weighted by Gasteiger charge is -2.10. The summed E-state index contributed by atoms with van der Waals surface area (Å²) in [5.74, 6) is -0.109. The van der Waals surface area contributed by atoms with Crippen molar-refractivity contribution in [1.82, 2.24) is 0 Å². The molecule has 0 heterocycles. The fraction of sp³-hybridized carbons (Fsp3) is 0.400. The van der Waals surface area contributed by atoms with Gasteiger partial charge in [-0.05, 0) is 38.3 Å². The van der Waals surface area contributed by atoms with Crippen LogP contribution in [0.1, 0.15) is 29.5 Å². The molecule has 1 unspecified atom stereocenters. The Balaban J connectivity index is 2.74. The molecular formula is C15H21NO3. The first kappa shape index (κ1) is 15.2. The van der Waals surface area contributed by atoms with Gasteiger partial charge in [-0.25, -0.2) is 0 Å². The Bertz CT molecular complexity index is 481. The molecule has 1 aromatic carbocycles. The van der Waals surface area contributed by atoms with Gasteiger partial charge in [-0.15, -0.1) is 0 Å². The van der Waals surface area contributed by atoms with Crippen molar-refractivity contribution in [2.45, 2.75) is 32.7 Å². The minimum atomic E-state index is -0.961. The lowest BCUT2D eigenvalue weighted by molar-refractivity contribution is -0.138. The Morgan fingerprint density at radius 2 is 2.16 bits per heavy atom. The largest absolute Gasteiger partial charge is 0.496 e. The molecule has 0 fully saturated rings. The summed E-state index contributed by atoms with van der Waals surface area (Å²) in [6.07, 6.45) is 4.94. The second-order valence-corrected chi connectivity index (χ2v) is 4.63. The number of methoxy groups -OCH3 is 1. The van der Waals surface area contributed by atoms with E-state index >= 15 is 0 Å². The second-order valence-electron chi connectivity index (χ2n) is 4.63. The van der Waals surface area contributed by atoms with Crippen LogP contribution in [0.2, 0.25) is 0 Å². The van der Waals surface area contributed by atoms with Crippen LogP contribution in [0.4, 0.5) is 0 Å². The molecule has 0 bridgehead atoms. The van der Waals surface area contributed by atoms with Gasteiger partial charge in [0, 0.05) is 5.56 Å². The van der Waals surface area contributed by atoms with Gasteiger partial charge in [0.05, 0.1) is 7.11 Å². The molecule has 0 saturated carbocycles. The molecule has 0 aliphatic rings. The number of carbonyl (C=O) groups is 1. The van der Waals surface area contributed by atoms with Crippen LogP contribution in [-0.2, 0) is 4.79 Å². The van der Waals surface area contributed by atoms with Gasteiger partial charge in [0.2, 0.25) is 0 Å². The minimum absolute atomic E-state index is 0.430. The summed E-state index contributed by atoms with van der Waals surface area (Å²) in [5.41, 5.74) is 8.70. The Hall–Kier alpha value is -1.81. The summed E-state index contributed by atoms with van der Waals surface area (Å²) in [7, 11) is 1.65. The quantitative estimate of drug-likeness (QED) is 0.827. The van der Waals surface area contributed by atoms with Gasteiger partial charge < -0.3 is 15.6 Å². The number of carboxylic acid groups (broad SMARTS) is 1. The predicted octanol–water partition coefficient (Wildman–Crippen LogP) is 2.52. The highest BCUT2D eigenvalue weighted by molar-refractivity contribution is 5.73. The third-order valence-corrected chi connectivity index (χ3v) is 2.91. The average molecular weight is 263 g/mol. The molecule has 1 atom stereocenters. The molecule has 0 saturated heterocycles. The normalized spacial score (nSPS) is 12.6. The third kappa shape index (κ3) is 4.41. The Morgan fingerprint density at radius 1 is 1.47 bits per heavy atom. The lowest BCUT2D eigenvalue weighted by Crippen LogP contribution is -2.29. The molecule has 104 valence electrons. The van der Waals surface area contributed by atoms with E-state index in [1.807, 2.05) is 32.1 Å². The summed E-state index contributed by atoms with van der Waals surface area (Å²) in [5, 5.41) is 8.68. The monoisotopic (exact) mass is 263 g/mol. The summed E-state index contributed by atoms with van der Waals surface area (Å²) in [6, 6.07) is 3.31. The number of benzene rings is 1. The second kappa shape index (κ2) is 6.95. The van der Waals surface area contributed by atoms with Crippen LogP contribution in [-0.4, -0.2) is 24.2 Å². The van der Waals surface area contributed by atoms with E-state index in [2.05, 4.69) is 6.07 Å². The zero-order valence-corrected chi connectivity index (χ0v) is 11.6. The minimum Gasteiger partial charge on any atom is -0.496 e.